The highest BCUT2D eigenvalue weighted by Crippen LogP contribution is 2.33. The molecular formula is C14H17N3OS. The van der Waals surface area contributed by atoms with E-state index in [1.165, 1.54) is 17.1 Å². The molecule has 0 fully saturated rings. The predicted octanol–water partition coefficient (Wildman–Crippen LogP) is 2.64. The highest BCUT2D eigenvalue weighted by molar-refractivity contribution is 7.05. The van der Waals surface area contributed by atoms with Gasteiger partial charge in [0.25, 0.3) is 0 Å². The molecule has 2 heterocycles. The molecule has 1 aromatic heterocycles. The van der Waals surface area contributed by atoms with Crippen molar-refractivity contribution in [2.24, 2.45) is 5.73 Å². The lowest BCUT2D eigenvalue weighted by atomic mass is 9.99. The summed E-state index contributed by atoms with van der Waals surface area (Å²) < 4.78 is 9.57. The molecule has 0 radical (unpaired) electrons. The van der Waals surface area contributed by atoms with Gasteiger partial charge in [0.05, 0.1) is 23.2 Å². The zero-order valence-corrected chi connectivity index (χ0v) is 11.9. The summed E-state index contributed by atoms with van der Waals surface area (Å²) in [5.41, 5.74) is 9.75. The van der Waals surface area contributed by atoms with Gasteiger partial charge >= 0.3 is 0 Å². The second-order valence-electron chi connectivity index (χ2n) is 5.12. The van der Waals surface area contributed by atoms with E-state index in [9.17, 15) is 0 Å². The molecule has 0 amide bonds. The van der Waals surface area contributed by atoms with Crippen molar-refractivity contribution >= 4 is 11.5 Å². The predicted molar refractivity (Wildman–Crippen MR) is 75.7 cm³/mol. The van der Waals surface area contributed by atoms with Gasteiger partial charge in [-0.05, 0) is 34.6 Å². The Labute approximate surface area is 116 Å². The molecule has 1 atom stereocenters. The maximum atomic E-state index is 6.38. The van der Waals surface area contributed by atoms with Crippen molar-refractivity contribution in [2.75, 3.05) is 6.61 Å². The van der Waals surface area contributed by atoms with Gasteiger partial charge in [0.15, 0.2) is 0 Å². The smallest absolute Gasteiger partial charge is 0.122 e. The van der Waals surface area contributed by atoms with E-state index in [2.05, 4.69) is 29.5 Å². The second-order valence-corrected chi connectivity index (χ2v) is 5.91. The van der Waals surface area contributed by atoms with E-state index in [0.29, 0.717) is 5.92 Å². The third-order valence-corrected chi connectivity index (χ3v) is 4.27. The number of aromatic nitrogens is 2. The average Bonchev–Trinajstić information content (AvgIpc) is 3.05. The molecule has 4 nitrogen and oxygen atoms in total. The van der Waals surface area contributed by atoms with Gasteiger partial charge in [0.1, 0.15) is 5.75 Å². The lowest BCUT2D eigenvalue weighted by Crippen LogP contribution is -2.13. The first kappa shape index (κ1) is 12.6. The molecule has 0 spiro atoms. The van der Waals surface area contributed by atoms with Crippen molar-refractivity contribution in [1.82, 2.24) is 9.59 Å². The number of benzene rings is 1. The minimum Gasteiger partial charge on any atom is -0.493 e. The standard InChI is InChI=1S/C14H17N3OS/c1-8(2)13-14(19-17-16-13)12(15)10-3-4-11-9(7-10)5-6-18-11/h3-4,7-8,12H,5-6,15H2,1-2H3. The van der Waals surface area contributed by atoms with Crippen LogP contribution in [0.2, 0.25) is 0 Å². The van der Waals surface area contributed by atoms with Gasteiger partial charge < -0.3 is 10.5 Å². The maximum Gasteiger partial charge on any atom is 0.122 e. The molecule has 0 bridgehead atoms. The first-order chi connectivity index (χ1) is 9.16. The molecule has 1 aliphatic rings. The van der Waals surface area contributed by atoms with Crippen molar-refractivity contribution in [1.29, 1.82) is 0 Å². The number of nitrogens with two attached hydrogens (primary N) is 1. The largest absolute Gasteiger partial charge is 0.493 e. The average molecular weight is 275 g/mol. The van der Waals surface area contributed by atoms with E-state index in [0.717, 1.165) is 34.9 Å². The summed E-state index contributed by atoms with van der Waals surface area (Å²) in [6.07, 6.45) is 0.966. The van der Waals surface area contributed by atoms with Crippen LogP contribution in [0.3, 0.4) is 0 Å². The molecule has 2 aromatic rings. The Morgan fingerprint density at radius 2 is 2.21 bits per heavy atom. The Morgan fingerprint density at radius 1 is 1.37 bits per heavy atom. The number of nitrogens with zero attached hydrogens (tertiary/aromatic N) is 2. The molecule has 5 heteroatoms. The molecule has 0 aliphatic carbocycles. The Morgan fingerprint density at radius 3 is 3.00 bits per heavy atom. The lowest BCUT2D eigenvalue weighted by molar-refractivity contribution is 0.357. The van der Waals surface area contributed by atoms with E-state index >= 15 is 0 Å². The van der Waals surface area contributed by atoms with Crippen LogP contribution in [0, 0.1) is 0 Å². The van der Waals surface area contributed by atoms with Gasteiger partial charge in [0.2, 0.25) is 0 Å². The fourth-order valence-electron chi connectivity index (χ4n) is 2.37. The van der Waals surface area contributed by atoms with E-state index in [1.807, 2.05) is 12.1 Å². The minimum atomic E-state index is -0.150. The number of fused-ring (bicyclic) bond motifs is 1. The molecule has 2 N–H and O–H groups in total. The number of rotatable bonds is 3. The van der Waals surface area contributed by atoms with Gasteiger partial charge in [-0.3, -0.25) is 0 Å². The topological polar surface area (TPSA) is 61.0 Å². The van der Waals surface area contributed by atoms with E-state index in [1.54, 1.807) is 0 Å². The zero-order valence-electron chi connectivity index (χ0n) is 11.1. The van der Waals surface area contributed by atoms with E-state index in [4.69, 9.17) is 10.5 Å². The molecule has 0 saturated heterocycles. The highest BCUT2D eigenvalue weighted by Gasteiger charge is 2.21. The fourth-order valence-corrected chi connectivity index (χ4v) is 3.21. The number of hydrogen-bond acceptors (Lipinski definition) is 5. The van der Waals surface area contributed by atoms with Crippen LogP contribution in [0.5, 0.6) is 5.75 Å². The molecule has 1 unspecified atom stereocenters. The van der Waals surface area contributed by atoms with Crippen LogP contribution >= 0.6 is 11.5 Å². The van der Waals surface area contributed by atoms with Crippen molar-refractivity contribution < 1.29 is 4.74 Å². The van der Waals surface area contributed by atoms with E-state index in [-0.39, 0.29) is 6.04 Å². The summed E-state index contributed by atoms with van der Waals surface area (Å²) in [6, 6.07) is 6.06. The summed E-state index contributed by atoms with van der Waals surface area (Å²) in [5.74, 6) is 1.33. The maximum absolute atomic E-state index is 6.38. The van der Waals surface area contributed by atoms with Crippen LogP contribution in [0.15, 0.2) is 18.2 Å². The Hall–Kier alpha value is -1.46. The van der Waals surface area contributed by atoms with Gasteiger partial charge in [-0.25, -0.2) is 0 Å². The van der Waals surface area contributed by atoms with E-state index < -0.39 is 0 Å². The first-order valence-electron chi connectivity index (χ1n) is 6.50. The number of hydrogen-bond donors (Lipinski definition) is 1. The molecule has 19 heavy (non-hydrogen) atoms. The van der Waals surface area contributed by atoms with Crippen LogP contribution in [0.1, 0.15) is 47.5 Å². The van der Waals surface area contributed by atoms with Crippen LogP contribution in [0.25, 0.3) is 0 Å². The summed E-state index contributed by atoms with van der Waals surface area (Å²) in [6.45, 7) is 5.00. The highest BCUT2D eigenvalue weighted by atomic mass is 32.1. The minimum absolute atomic E-state index is 0.150. The van der Waals surface area contributed by atoms with Crippen molar-refractivity contribution in [3.63, 3.8) is 0 Å². The normalized spacial score (nSPS) is 15.4. The van der Waals surface area contributed by atoms with Crippen molar-refractivity contribution in [3.8, 4) is 5.75 Å². The summed E-state index contributed by atoms with van der Waals surface area (Å²) in [5, 5.41) is 4.20. The fraction of sp³-hybridized carbons (Fsp3) is 0.429. The monoisotopic (exact) mass is 275 g/mol. The Balaban J connectivity index is 1.95. The molecule has 3 rings (SSSR count). The molecule has 1 aromatic carbocycles. The van der Waals surface area contributed by atoms with Crippen LogP contribution in [-0.2, 0) is 6.42 Å². The number of ether oxygens (including phenoxy) is 1. The Kier molecular flexibility index (Phi) is 3.24. The SMILES string of the molecule is CC(C)c1nnsc1C(N)c1ccc2c(c1)CCO2. The lowest BCUT2D eigenvalue weighted by Gasteiger charge is -2.13. The quantitative estimate of drug-likeness (QED) is 0.935. The summed E-state index contributed by atoms with van der Waals surface area (Å²) in [4.78, 5) is 1.06. The third-order valence-electron chi connectivity index (χ3n) is 3.44. The second kappa shape index (κ2) is 4.90. The zero-order chi connectivity index (χ0) is 13.4. The van der Waals surface area contributed by atoms with Crippen molar-refractivity contribution in [3.05, 3.63) is 39.9 Å². The van der Waals surface area contributed by atoms with Gasteiger partial charge in [-0.1, -0.05) is 30.5 Å². The summed E-state index contributed by atoms with van der Waals surface area (Å²) in [7, 11) is 0. The third kappa shape index (κ3) is 2.24. The molecule has 0 saturated carbocycles. The molecule has 1 aliphatic heterocycles. The summed E-state index contributed by atoms with van der Waals surface area (Å²) >= 11 is 1.40. The van der Waals surface area contributed by atoms with Gasteiger partial charge in [-0.2, -0.15) is 0 Å². The molecular weight excluding hydrogens is 258 g/mol. The van der Waals surface area contributed by atoms with Gasteiger partial charge in [-0.15, -0.1) is 5.10 Å². The first-order valence-corrected chi connectivity index (χ1v) is 7.27. The van der Waals surface area contributed by atoms with Crippen LogP contribution < -0.4 is 10.5 Å². The van der Waals surface area contributed by atoms with Crippen LogP contribution in [0.4, 0.5) is 0 Å². The van der Waals surface area contributed by atoms with Crippen molar-refractivity contribution in [2.45, 2.75) is 32.2 Å². The Bertz CT molecular complexity index is 594. The van der Waals surface area contributed by atoms with Crippen LogP contribution in [-0.4, -0.2) is 16.2 Å². The van der Waals surface area contributed by atoms with Gasteiger partial charge in [0, 0.05) is 6.42 Å². The molecule has 100 valence electrons.